The summed E-state index contributed by atoms with van der Waals surface area (Å²) in [6.07, 6.45) is 6.90. The Balaban J connectivity index is 1.14. The second-order valence-corrected chi connectivity index (χ2v) is 15.4. The summed E-state index contributed by atoms with van der Waals surface area (Å²) in [6.45, 7) is 9.09. The van der Waals surface area contributed by atoms with E-state index in [-0.39, 0.29) is 11.3 Å². The summed E-state index contributed by atoms with van der Waals surface area (Å²) >= 11 is 0.953. The highest BCUT2D eigenvalue weighted by Crippen LogP contribution is 2.40. The van der Waals surface area contributed by atoms with Crippen LogP contribution in [0.2, 0.25) is 0 Å². The normalized spacial score (nSPS) is 13.1. The molecule has 4 aromatic carbocycles. The number of carbonyl (C=O) groups excluding carboxylic acids is 2. The molecule has 3 amide bonds. The fraction of sp³-hybridized carbons (Fsp3) is 0.326. The fourth-order valence-corrected chi connectivity index (χ4v) is 7.16. The summed E-state index contributed by atoms with van der Waals surface area (Å²) < 4.78 is 21.0. The Bertz CT molecular complexity index is 2170. The topological polar surface area (TPSA) is 147 Å². The first kappa shape index (κ1) is 40.0. The Morgan fingerprint density at radius 3 is 2.34 bits per heavy atom. The number of methoxy groups -OCH3 is 2. The van der Waals surface area contributed by atoms with Gasteiger partial charge in [-0.15, -0.1) is 0 Å². The van der Waals surface area contributed by atoms with Crippen molar-refractivity contribution in [2.75, 3.05) is 60.8 Å². The molecule has 5 aromatic rings. The molecule has 13 heteroatoms. The largest absolute Gasteiger partial charge is 0.496 e. The second kappa shape index (κ2) is 18.3. The monoisotopic (exact) mass is 778 g/mol. The van der Waals surface area contributed by atoms with Crippen LogP contribution in [0.1, 0.15) is 56.0 Å². The molecule has 1 aliphatic rings. The summed E-state index contributed by atoms with van der Waals surface area (Å²) in [5, 5.41) is 17.4. The number of nitrogens with zero attached hydrogens (tertiary/aromatic N) is 1. The lowest BCUT2D eigenvalue weighted by Gasteiger charge is -2.23. The van der Waals surface area contributed by atoms with E-state index >= 15 is 0 Å². The molecule has 0 aliphatic carbocycles. The minimum atomic E-state index is -0.407. The van der Waals surface area contributed by atoms with Crippen LogP contribution in [0.4, 0.5) is 33.4 Å². The molecule has 0 bridgehead atoms. The van der Waals surface area contributed by atoms with Crippen molar-refractivity contribution in [3.63, 3.8) is 0 Å². The van der Waals surface area contributed by atoms with Crippen LogP contribution in [0.3, 0.4) is 0 Å². The van der Waals surface area contributed by atoms with E-state index in [1.54, 1.807) is 44.7 Å². The van der Waals surface area contributed by atoms with E-state index in [9.17, 15) is 9.59 Å². The van der Waals surface area contributed by atoms with Gasteiger partial charge in [-0.05, 0) is 91.7 Å². The molecule has 0 unspecified atom stereocenters. The third-order valence-corrected chi connectivity index (χ3v) is 10.2. The first-order valence-corrected chi connectivity index (χ1v) is 20.2. The number of pyridine rings is 1. The van der Waals surface area contributed by atoms with E-state index in [0.717, 1.165) is 66.3 Å². The van der Waals surface area contributed by atoms with Crippen molar-refractivity contribution in [1.29, 1.82) is 0 Å². The van der Waals surface area contributed by atoms with Crippen molar-refractivity contribution in [2.24, 2.45) is 5.92 Å². The van der Waals surface area contributed by atoms with Crippen molar-refractivity contribution in [3.8, 4) is 23.0 Å². The van der Waals surface area contributed by atoms with E-state index in [1.807, 2.05) is 54.8 Å². The average molecular weight is 779 g/mol. The van der Waals surface area contributed by atoms with Gasteiger partial charge in [0, 0.05) is 41.3 Å². The van der Waals surface area contributed by atoms with Gasteiger partial charge in [0.05, 0.1) is 43.1 Å². The predicted octanol–water partition coefficient (Wildman–Crippen LogP) is 8.62. The maximum absolute atomic E-state index is 13.5. The van der Waals surface area contributed by atoms with E-state index < -0.39 is 6.03 Å². The number of amides is 3. The molecule has 1 aromatic heterocycles. The van der Waals surface area contributed by atoms with Crippen LogP contribution in [-0.2, 0) is 17.4 Å². The Labute approximate surface area is 333 Å². The number of anilines is 5. The zero-order chi connectivity index (χ0) is 39.7. The number of urea groups is 1. The van der Waals surface area contributed by atoms with Crippen molar-refractivity contribution in [3.05, 3.63) is 96.2 Å². The summed E-state index contributed by atoms with van der Waals surface area (Å²) in [6, 6.07) is 23.9. The van der Waals surface area contributed by atoms with Gasteiger partial charge in [-0.3, -0.25) is 4.79 Å². The molecule has 0 radical (unpaired) electrons. The van der Waals surface area contributed by atoms with E-state index in [2.05, 4.69) is 63.1 Å². The van der Waals surface area contributed by atoms with Crippen molar-refractivity contribution >= 4 is 63.2 Å². The number of aromatic nitrogens is 1. The van der Waals surface area contributed by atoms with Crippen LogP contribution in [0.25, 0.3) is 10.8 Å². The lowest BCUT2D eigenvalue weighted by molar-refractivity contribution is 0.0947. The number of rotatable bonds is 14. The molecule has 56 heavy (non-hydrogen) atoms. The summed E-state index contributed by atoms with van der Waals surface area (Å²) in [5.74, 6) is 3.21. The first-order chi connectivity index (χ1) is 27.1. The van der Waals surface area contributed by atoms with Crippen LogP contribution < -0.4 is 45.5 Å². The number of hydrogen-bond acceptors (Lipinski definition) is 9. The maximum Gasteiger partial charge on any atom is 0.323 e. The highest BCUT2D eigenvalue weighted by atomic mass is 32.2. The van der Waals surface area contributed by atoms with Gasteiger partial charge >= 0.3 is 6.03 Å². The molecule has 0 atom stereocenters. The predicted molar refractivity (Wildman–Crippen MR) is 230 cm³/mol. The zero-order valence-corrected chi connectivity index (χ0v) is 33.7. The fourth-order valence-electron chi connectivity index (χ4n) is 6.75. The molecule has 0 spiro atoms. The number of ether oxygens (including phenoxy) is 3. The summed E-state index contributed by atoms with van der Waals surface area (Å²) in [5.41, 5.74) is 4.07. The zero-order valence-electron chi connectivity index (χ0n) is 32.8. The summed E-state index contributed by atoms with van der Waals surface area (Å²) in [4.78, 5) is 31.0. The van der Waals surface area contributed by atoms with Crippen molar-refractivity contribution in [2.45, 2.75) is 45.4 Å². The maximum atomic E-state index is 13.5. The molecule has 1 fully saturated rings. The number of nitrogens with one attached hydrogen (secondary N) is 6. The lowest BCUT2D eigenvalue weighted by atomic mass is 9.86. The van der Waals surface area contributed by atoms with Gasteiger partial charge < -0.3 is 40.8 Å². The molecule has 1 saturated heterocycles. The number of piperidine rings is 1. The van der Waals surface area contributed by atoms with Gasteiger partial charge in [-0.25, -0.2) is 14.5 Å². The summed E-state index contributed by atoms with van der Waals surface area (Å²) in [7, 11) is 3.15. The van der Waals surface area contributed by atoms with Crippen LogP contribution in [0.15, 0.2) is 85.1 Å². The Kier molecular flexibility index (Phi) is 13.1. The molecule has 0 saturated carbocycles. The first-order valence-electron chi connectivity index (χ1n) is 18.8. The molecule has 294 valence electrons. The number of carbonyl (C=O) groups is 2. The molecular weight excluding hydrogens is 727 g/mol. The molecule has 6 N–H and O–H groups in total. The number of thiol groups is 1. The number of benzene rings is 4. The molecular formula is C43H52N7O5S+. The van der Waals surface area contributed by atoms with E-state index in [4.69, 9.17) is 14.2 Å². The molecule has 12 nitrogen and oxygen atoms in total. The third kappa shape index (κ3) is 9.95. The lowest BCUT2D eigenvalue weighted by Crippen LogP contribution is -2.31. The number of hydrogen-bond donors (Lipinski definition) is 6. The van der Waals surface area contributed by atoms with Gasteiger partial charge in [0.2, 0.25) is 0 Å². The third-order valence-electron chi connectivity index (χ3n) is 9.75. The highest BCUT2D eigenvalue weighted by molar-refractivity contribution is 7.79. The standard InChI is InChI=1S/C43H51N7O5S/c1-43(2,3)28-23-35(40(54-5)36(24-28)50-56-6)49-42(52)48-34-13-14-37(32-10-8-7-9-31(32)34)55-30-18-22-45-39(26-30)47-29-11-12-33(38(25-29)53-4)41(51)46-21-17-27-15-19-44-20-16-27/h7-14,18,22-27,44,50H,15-17,19-21H2,1-6H3,(H,45,47)(H,46,51)(H2,48,49,52)/p+1. The minimum Gasteiger partial charge on any atom is -0.496 e. The van der Waals surface area contributed by atoms with Crippen LogP contribution in [-0.4, -0.2) is 57.0 Å². The van der Waals surface area contributed by atoms with E-state index in [1.165, 1.54) is 0 Å². The number of fused-ring (bicyclic) bond motifs is 1. The van der Waals surface area contributed by atoms with E-state index in [0.29, 0.717) is 63.9 Å². The Hall–Kier alpha value is -5.66. The SMILES string of the molecule is COc1cc(Nc2cc(Oc3ccc(NC(=O)Nc4cc(C(C)(C)C)cc(N[SH+]C)c4OC)c4ccccc34)ccn2)ccc1C(=O)NCCC1CCNCC1. The molecule has 2 heterocycles. The highest BCUT2D eigenvalue weighted by Gasteiger charge is 2.22. The second-order valence-electron chi connectivity index (χ2n) is 14.7. The van der Waals surface area contributed by atoms with Gasteiger partial charge in [-0.1, -0.05) is 45.0 Å². The van der Waals surface area contributed by atoms with Crippen molar-refractivity contribution in [1.82, 2.24) is 15.6 Å². The molecule has 1 aliphatic heterocycles. The van der Waals surface area contributed by atoms with Crippen LogP contribution in [0, 0.1) is 5.92 Å². The molecule has 6 rings (SSSR count). The average Bonchev–Trinajstić information content (AvgIpc) is 3.19. The quantitative estimate of drug-likeness (QED) is 0.0482. The van der Waals surface area contributed by atoms with Gasteiger partial charge in [-0.2, -0.15) is 0 Å². The van der Waals surface area contributed by atoms with Gasteiger partial charge in [0.15, 0.2) is 5.75 Å². The van der Waals surface area contributed by atoms with Gasteiger partial charge in [0.25, 0.3) is 5.91 Å². The Morgan fingerprint density at radius 1 is 0.857 bits per heavy atom. The minimum absolute atomic E-state index is 0.151. The smallest absolute Gasteiger partial charge is 0.323 e. The Morgan fingerprint density at radius 2 is 1.61 bits per heavy atom. The van der Waals surface area contributed by atoms with Crippen molar-refractivity contribution < 1.29 is 23.8 Å². The van der Waals surface area contributed by atoms with Crippen LogP contribution >= 0.6 is 0 Å². The van der Waals surface area contributed by atoms with Gasteiger partial charge in [0.1, 0.15) is 35.0 Å². The van der Waals surface area contributed by atoms with Crippen LogP contribution in [0.5, 0.6) is 23.0 Å².